The zero-order valence-electron chi connectivity index (χ0n) is 12.8. The van der Waals surface area contributed by atoms with E-state index in [1.807, 2.05) is 0 Å². The molecule has 0 aromatic heterocycles. The topological polar surface area (TPSA) is 14.1 Å². The van der Waals surface area contributed by atoms with Crippen LogP contribution in [0.25, 0.3) is 5.32 Å². The van der Waals surface area contributed by atoms with Gasteiger partial charge in [0, 0.05) is 0 Å². The van der Waals surface area contributed by atoms with Crippen molar-refractivity contribution < 1.29 is 46.5 Å². The molecule has 4 heteroatoms. The predicted octanol–water partition coefficient (Wildman–Crippen LogP) is -1.36. The zero-order chi connectivity index (χ0) is 12.6. The van der Waals surface area contributed by atoms with Crippen LogP contribution in [0.4, 0.5) is 0 Å². The van der Waals surface area contributed by atoms with Crippen LogP contribution in [-0.2, 0) is 21.7 Å². The first kappa shape index (κ1) is 27.9. The van der Waals surface area contributed by atoms with Gasteiger partial charge in [-0.15, -0.1) is 13.1 Å². The third-order valence-electron chi connectivity index (χ3n) is 3.06. The van der Waals surface area contributed by atoms with E-state index in [0.717, 1.165) is 13.1 Å². The molecule has 0 bridgehead atoms. The average Bonchev–Trinajstić information content (AvgIpc) is 2.93. The summed E-state index contributed by atoms with van der Waals surface area (Å²) in [5, 5.41) is 4.08. The molecule has 0 unspecified atom stereocenters. The number of aryl methyl sites for hydroxylation is 2. The maximum absolute atomic E-state index is 4.08. The number of nitrogens with zero attached hydrogens (tertiary/aromatic N) is 1. The predicted molar refractivity (Wildman–Crippen MR) is 74.3 cm³/mol. The van der Waals surface area contributed by atoms with E-state index in [9.17, 15) is 0 Å². The van der Waals surface area contributed by atoms with Gasteiger partial charge in [0.2, 0.25) is 0 Å². The van der Waals surface area contributed by atoms with Gasteiger partial charge in [0.15, 0.2) is 0 Å². The summed E-state index contributed by atoms with van der Waals surface area (Å²) >= 11 is 0. The molecule has 0 radical (unpaired) electrons. The molecule has 1 heterocycles. The number of rotatable bonds is 0. The zero-order valence-corrected chi connectivity index (χ0v) is 15.9. The van der Waals surface area contributed by atoms with Crippen LogP contribution >= 0.6 is 0 Å². The van der Waals surface area contributed by atoms with Gasteiger partial charge in [-0.2, -0.15) is 35.2 Å². The van der Waals surface area contributed by atoms with Crippen LogP contribution in [0, 0.1) is 34.6 Å². The molecule has 1 aromatic rings. The minimum Gasteiger partial charge on any atom is -1.00 e. The Kier molecular flexibility index (Phi) is 24.4. The fourth-order valence-corrected chi connectivity index (χ4v) is 1.69. The Bertz CT molecular complexity index is 264. The van der Waals surface area contributed by atoms with Gasteiger partial charge in [-0.3, -0.25) is 0 Å². The second-order valence-corrected chi connectivity index (χ2v) is 4.14. The third-order valence-corrected chi connectivity index (χ3v) is 3.06. The summed E-state index contributed by atoms with van der Waals surface area (Å²) in [6.07, 6.45) is 2.67. The Hall–Kier alpha value is 0.604. The molecule has 0 saturated carbocycles. The molecule has 2 rings (SSSR count). The normalized spacial score (nSPS) is 11.5. The Morgan fingerprint density at radius 1 is 0.842 bits per heavy atom. The monoisotopic (exact) mass is 338 g/mol. The molecular formula is C15H26Cl2NTi-3. The first-order valence-corrected chi connectivity index (χ1v) is 6.17. The molecular weight excluding hydrogens is 313 g/mol. The minimum atomic E-state index is 0. The van der Waals surface area contributed by atoms with Crippen molar-refractivity contribution in [2.45, 2.75) is 47.5 Å². The van der Waals surface area contributed by atoms with Gasteiger partial charge < -0.3 is 37.1 Å². The van der Waals surface area contributed by atoms with Gasteiger partial charge in [-0.05, 0) is 0 Å². The molecule has 1 fully saturated rings. The third kappa shape index (κ3) is 11.0. The number of halogens is 2. The Morgan fingerprint density at radius 3 is 1.26 bits per heavy atom. The van der Waals surface area contributed by atoms with Gasteiger partial charge in [0.05, 0.1) is 0 Å². The van der Waals surface area contributed by atoms with E-state index in [1.54, 1.807) is 6.92 Å². The van der Waals surface area contributed by atoms with Crippen LogP contribution in [0.15, 0.2) is 6.07 Å². The molecule has 0 aliphatic carbocycles. The van der Waals surface area contributed by atoms with E-state index in [4.69, 9.17) is 0 Å². The maximum Gasteiger partial charge on any atom is 2.00 e. The molecule has 1 nitrogen and oxygen atoms in total. The first-order chi connectivity index (χ1) is 7.63. The second-order valence-electron chi connectivity index (χ2n) is 4.14. The molecule has 1 aliphatic rings. The standard InChI is InChI=1S/C9H13.C4H8N.C2H5.2ClH.Ti/c1-6-5-7(2)9(4)8(6)3;1-2-4-5-3-1;1-2;;;/h5H,1-4H3;1-4H2;1H2,2H3;2*1H;/q3*-1;;;+2/p-2. The van der Waals surface area contributed by atoms with E-state index in [2.05, 4.69) is 46.0 Å². The van der Waals surface area contributed by atoms with Crippen molar-refractivity contribution in [1.82, 2.24) is 0 Å². The van der Waals surface area contributed by atoms with E-state index in [-0.39, 0.29) is 46.5 Å². The van der Waals surface area contributed by atoms with Crippen molar-refractivity contribution in [2.24, 2.45) is 0 Å². The second kappa shape index (κ2) is 16.7. The summed E-state index contributed by atoms with van der Waals surface area (Å²) in [6.45, 7) is 15.9. The molecule has 1 saturated heterocycles. The van der Waals surface area contributed by atoms with Crippen LogP contribution in [0.5, 0.6) is 0 Å². The van der Waals surface area contributed by atoms with Gasteiger partial charge in [-0.25, -0.2) is 0 Å². The fraction of sp³-hybridized carbons (Fsp3) is 0.600. The summed E-state index contributed by atoms with van der Waals surface area (Å²) in [7, 11) is 0. The van der Waals surface area contributed by atoms with Crippen LogP contribution in [-0.4, -0.2) is 13.1 Å². The van der Waals surface area contributed by atoms with Gasteiger partial charge in [0.1, 0.15) is 0 Å². The van der Waals surface area contributed by atoms with Crippen LogP contribution in [0.1, 0.15) is 42.0 Å². The van der Waals surface area contributed by atoms with Crippen molar-refractivity contribution in [3.63, 3.8) is 0 Å². The number of hydrogen-bond acceptors (Lipinski definition) is 0. The van der Waals surface area contributed by atoms with Gasteiger partial charge >= 0.3 is 21.7 Å². The van der Waals surface area contributed by atoms with E-state index >= 15 is 0 Å². The van der Waals surface area contributed by atoms with Crippen molar-refractivity contribution in [3.05, 3.63) is 40.6 Å². The van der Waals surface area contributed by atoms with Crippen LogP contribution in [0.3, 0.4) is 0 Å². The van der Waals surface area contributed by atoms with Crippen molar-refractivity contribution in [1.29, 1.82) is 0 Å². The smallest absolute Gasteiger partial charge is 1.00 e. The maximum atomic E-state index is 4.08. The molecule has 0 N–H and O–H groups in total. The number of hydrogen-bond donors (Lipinski definition) is 0. The minimum absolute atomic E-state index is 0. The first-order valence-electron chi connectivity index (χ1n) is 6.17. The SMILES string of the molecule is C1CC[N-]C1.Cc1[cH-]c(C)c(C)c1C.[CH2-]C.[Cl-].[Cl-].[Ti+2]. The summed E-state index contributed by atoms with van der Waals surface area (Å²) in [5.74, 6) is 0. The van der Waals surface area contributed by atoms with E-state index in [0.29, 0.717) is 0 Å². The van der Waals surface area contributed by atoms with Gasteiger partial charge in [0.25, 0.3) is 0 Å². The van der Waals surface area contributed by atoms with Crippen molar-refractivity contribution >= 4 is 0 Å². The van der Waals surface area contributed by atoms with Crippen molar-refractivity contribution in [2.75, 3.05) is 13.1 Å². The fourth-order valence-electron chi connectivity index (χ4n) is 1.69. The Morgan fingerprint density at radius 2 is 1.16 bits per heavy atom. The summed E-state index contributed by atoms with van der Waals surface area (Å²) in [5.41, 5.74) is 5.75. The molecule has 112 valence electrons. The summed E-state index contributed by atoms with van der Waals surface area (Å²) in [6, 6.07) is 2.24. The summed E-state index contributed by atoms with van der Waals surface area (Å²) in [4.78, 5) is 0. The molecule has 0 spiro atoms. The van der Waals surface area contributed by atoms with Gasteiger partial charge in [-0.1, -0.05) is 40.5 Å². The van der Waals surface area contributed by atoms with Crippen LogP contribution < -0.4 is 24.8 Å². The molecule has 1 aliphatic heterocycles. The Balaban J connectivity index is -0.0000000987. The summed E-state index contributed by atoms with van der Waals surface area (Å²) < 4.78 is 0. The quantitative estimate of drug-likeness (QED) is 0.410. The van der Waals surface area contributed by atoms with Crippen molar-refractivity contribution in [3.8, 4) is 0 Å². The average molecular weight is 339 g/mol. The Labute approximate surface area is 147 Å². The molecule has 0 amide bonds. The molecule has 0 atom stereocenters. The largest absolute Gasteiger partial charge is 2.00 e. The van der Waals surface area contributed by atoms with E-state index in [1.165, 1.54) is 35.1 Å². The molecule has 1 aromatic carbocycles. The van der Waals surface area contributed by atoms with E-state index < -0.39 is 0 Å². The van der Waals surface area contributed by atoms with Crippen LogP contribution in [0.2, 0.25) is 0 Å². The molecule has 19 heavy (non-hydrogen) atoms.